The number of carbonyl (C=O) groups is 2. The molecule has 0 aliphatic carbocycles. The Hall–Kier alpha value is -0.910. The van der Waals surface area contributed by atoms with Gasteiger partial charge in [-0.25, -0.2) is 0 Å². The van der Waals surface area contributed by atoms with Crippen LogP contribution in [0, 0.1) is 5.92 Å². The van der Waals surface area contributed by atoms with E-state index in [0.29, 0.717) is 0 Å². The molecule has 8 heteroatoms. The van der Waals surface area contributed by atoms with Gasteiger partial charge in [0, 0.05) is 0 Å². The molecule has 1 atom stereocenters. The van der Waals surface area contributed by atoms with Gasteiger partial charge in [0.1, 0.15) is 0 Å². The maximum absolute atomic E-state index is 12.3. The lowest BCUT2D eigenvalue weighted by Gasteiger charge is -2.21. The van der Waals surface area contributed by atoms with Crippen LogP contribution in [0.4, 0.5) is 0 Å². The summed E-state index contributed by atoms with van der Waals surface area (Å²) in [6.45, 7) is 3.70. The van der Waals surface area contributed by atoms with E-state index in [1.54, 1.807) is 13.8 Å². The average molecular weight is 296 g/mol. The summed E-state index contributed by atoms with van der Waals surface area (Å²) in [7, 11) is -1.01. The Morgan fingerprint density at radius 2 is 1.58 bits per heavy atom. The van der Waals surface area contributed by atoms with Crippen LogP contribution in [0.1, 0.15) is 20.3 Å². The fourth-order valence-electron chi connectivity index (χ4n) is 1.48. The molecule has 0 fully saturated rings. The van der Waals surface area contributed by atoms with Gasteiger partial charge in [0.25, 0.3) is 0 Å². The molecule has 7 nitrogen and oxygen atoms in total. The number of ether oxygens (including phenoxy) is 2. The third-order valence-corrected chi connectivity index (χ3v) is 4.46. The summed E-state index contributed by atoms with van der Waals surface area (Å²) >= 11 is 0. The van der Waals surface area contributed by atoms with Gasteiger partial charge in [-0.15, -0.1) is 0 Å². The first-order chi connectivity index (χ1) is 8.92. The normalized spacial score (nSPS) is 12.8. The molecule has 0 unspecified atom stereocenters. The Morgan fingerprint density at radius 3 is 1.95 bits per heavy atom. The zero-order chi connectivity index (χ0) is 14.9. The molecule has 0 N–H and O–H groups in total. The van der Waals surface area contributed by atoms with Crippen molar-refractivity contribution in [3.8, 4) is 0 Å². The van der Waals surface area contributed by atoms with Crippen LogP contribution >= 0.6 is 7.60 Å². The van der Waals surface area contributed by atoms with Crippen LogP contribution in [0.5, 0.6) is 0 Å². The molecule has 0 rings (SSSR count). The second-order valence-electron chi connectivity index (χ2n) is 3.63. The molecule has 0 aliphatic rings. The van der Waals surface area contributed by atoms with Gasteiger partial charge in [-0.05, 0) is 13.8 Å². The molecule has 0 aromatic carbocycles. The lowest BCUT2D eigenvalue weighted by Crippen LogP contribution is -2.25. The standard InChI is InChI=1S/C11H21O7P/c1-5-17-19(14,18-6-2)8-9(11(13)16-4)7-10(12)15-3/h9H,5-8H2,1-4H3/t9-/m0/s1. The summed E-state index contributed by atoms with van der Waals surface area (Å²) in [6, 6.07) is 0. The predicted molar refractivity (Wildman–Crippen MR) is 67.9 cm³/mol. The molecule has 0 radical (unpaired) electrons. The minimum absolute atomic E-state index is 0.184. The molecule has 0 amide bonds. The number of rotatable bonds is 9. The van der Waals surface area contributed by atoms with Gasteiger partial charge in [-0.1, -0.05) is 0 Å². The number of hydrogen-bond acceptors (Lipinski definition) is 7. The molecule has 0 saturated heterocycles. The first-order valence-electron chi connectivity index (χ1n) is 5.95. The van der Waals surface area contributed by atoms with Crippen LogP contribution in [-0.4, -0.2) is 45.5 Å². The number of methoxy groups -OCH3 is 2. The summed E-state index contributed by atoms with van der Waals surface area (Å²) < 4.78 is 31.5. The van der Waals surface area contributed by atoms with E-state index in [4.69, 9.17) is 9.05 Å². The highest BCUT2D eigenvalue weighted by Crippen LogP contribution is 2.50. The van der Waals surface area contributed by atoms with Gasteiger partial charge in [0.15, 0.2) is 0 Å². The third-order valence-electron chi connectivity index (χ3n) is 2.27. The third kappa shape index (κ3) is 6.71. The van der Waals surface area contributed by atoms with Crippen molar-refractivity contribution in [3.05, 3.63) is 0 Å². The van der Waals surface area contributed by atoms with E-state index in [0.717, 1.165) is 0 Å². The molecule has 0 bridgehead atoms. The smallest absolute Gasteiger partial charge is 0.331 e. The largest absolute Gasteiger partial charge is 0.469 e. The van der Waals surface area contributed by atoms with Crippen LogP contribution in [0.15, 0.2) is 0 Å². The molecule has 0 aromatic heterocycles. The molecule has 112 valence electrons. The molecule has 19 heavy (non-hydrogen) atoms. The molecular weight excluding hydrogens is 275 g/mol. The highest BCUT2D eigenvalue weighted by atomic mass is 31.2. The predicted octanol–water partition coefficient (Wildman–Crippen LogP) is 1.60. The number of esters is 2. The van der Waals surface area contributed by atoms with Gasteiger partial charge in [-0.3, -0.25) is 14.2 Å². The first-order valence-corrected chi connectivity index (χ1v) is 7.68. The van der Waals surface area contributed by atoms with E-state index in [1.165, 1.54) is 14.2 Å². The van der Waals surface area contributed by atoms with Crippen LogP contribution < -0.4 is 0 Å². The van der Waals surface area contributed by atoms with Crippen molar-refractivity contribution >= 4 is 19.5 Å². The Balaban J connectivity index is 4.89. The minimum atomic E-state index is -3.42. The minimum Gasteiger partial charge on any atom is -0.469 e. The lowest BCUT2D eigenvalue weighted by atomic mass is 10.1. The maximum Gasteiger partial charge on any atom is 0.331 e. The van der Waals surface area contributed by atoms with E-state index < -0.39 is 25.5 Å². The Morgan fingerprint density at radius 1 is 1.05 bits per heavy atom. The zero-order valence-corrected chi connectivity index (χ0v) is 12.6. The summed E-state index contributed by atoms with van der Waals surface area (Å²) in [4.78, 5) is 22.8. The van der Waals surface area contributed by atoms with Crippen LogP contribution in [0.25, 0.3) is 0 Å². The van der Waals surface area contributed by atoms with Crippen molar-refractivity contribution < 1.29 is 32.7 Å². The Labute approximate surface area is 113 Å². The van der Waals surface area contributed by atoms with Gasteiger partial charge >= 0.3 is 19.5 Å². The summed E-state index contributed by atoms with van der Waals surface area (Å²) in [6.07, 6.45) is -0.441. The fourth-order valence-corrected chi connectivity index (χ4v) is 3.37. The van der Waals surface area contributed by atoms with Crippen LogP contribution in [-0.2, 0) is 32.7 Å². The monoisotopic (exact) mass is 296 g/mol. The molecule has 0 heterocycles. The van der Waals surface area contributed by atoms with E-state index in [-0.39, 0.29) is 25.8 Å². The number of carbonyl (C=O) groups excluding carboxylic acids is 2. The van der Waals surface area contributed by atoms with E-state index in [2.05, 4.69) is 9.47 Å². The molecule has 0 aliphatic heterocycles. The van der Waals surface area contributed by atoms with Gasteiger partial charge in [0.2, 0.25) is 0 Å². The Bertz CT molecular complexity index is 332. The maximum atomic E-state index is 12.3. The van der Waals surface area contributed by atoms with E-state index in [1.807, 2.05) is 0 Å². The topological polar surface area (TPSA) is 88.1 Å². The Kier molecular flexibility index (Phi) is 8.63. The zero-order valence-electron chi connectivity index (χ0n) is 11.7. The lowest BCUT2D eigenvalue weighted by molar-refractivity contribution is -0.151. The van der Waals surface area contributed by atoms with Gasteiger partial charge in [0.05, 0.1) is 45.9 Å². The molecular formula is C11H21O7P. The molecule has 0 spiro atoms. The molecule has 0 aromatic rings. The number of hydrogen-bond donors (Lipinski definition) is 0. The quantitative estimate of drug-likeness (QED) is 0.471. The van der Waals surface area contributed by atoms with Gasteiger partial charge in [-0.2, -0.15) is 0 Å². The van der Waals surface area contributed by atoms with Crippen LogP contribution in [0.3, 0.4) is 0 Å². The van der Waals surface area contributed by atoms with E-state index >= 15 is 0 Å². The highest BCUT2D eigenvalue weighted by Gasteiger charge is 2.34. The van der Waals surface area contributed by atoms with Crippen molar-refractivity contribution in [1.29, 1.82) is 0 Å². The molecule has 0 saturated carbocycles. The van der Waals surface area contributed by atoms with Crippen molar-refractivity contribution in [2.24, 2.45) is 5.92 Å². The summed E-state index contributed by atoms with van der Waals surface area (Å²) in [5.41, 5.74) is 0. The van der Waals surface area contributed by atoms with Crippen molar-refractivity contribution in [1.82, 2.24) is 0 Å². The second-order valence-corrected chi connectivity index (χ2v) is 5.73. The highest BCUT2D eigenvalue weighted by molar-refractivity contribution is 7.53. The van der Waals surface area contributed by atoms with Gasteiger partial charge < -0.3 is 18.5 Å². The van der Waals surface area contributed by atoms with Crippen molar-refractivity contribution in [2.45, 2.75) is 20.3 Å². The van der Waals surface area contributed by atoms with E-state index in [9.17, 15) is 14.2 Å². The summed E-state index contributed by atoms with van der Waals surface area (Å²) in [5, 5.41) is 0. The van der Waals surface area contributed by atoms with Crippen LogP contribution in [0.2, 0.25) is 0 Å². The van der Waals surface area contributed by atoms with Crippen molar-refractivity contribution in [3.63, 3.8) is 0 Å². The van der Waals surface area contributed by atoms with Crippen molar-refractivity contribution in [2.75, 3.05) is 33.6 Å². The average Bonchev–Trinajstić information content (AvgIpc) is 2.37. The second kappa shape index (κ2) is 9.07. The first kappa shape index (κ1) is 18.1. The fraction of sp³-hybridized carbons (Fsp3) is 0.818. The SMILES string of the molecule is CCOP(=O)(C[C@H](CC(=O)OC)C(=O)OC)OCC. The summed E-state index contributed by atoms with van der Waals surface area (Å²) in [5.74, 6) is -2.15.